The van der Waals surface area contributed by atoms with E-state index in [2.05, 4.69) is 4.74 Å². The lowest BCUT2D eigenvalue weighted by molar-refractivity contribution is -0.143. The zero-order valence-corrected chi connectivity index (χ0v) is 9.89. The molecule has 1 aromatic heterocycles. The lowest BCUT2D eigenvalue weighted by Gasteiger charge is -2.04. The number of pyridine rings is 1. The van der Waals surface area contributed by atoms with E-state index in [4.69, 9.17) is 5.26 Å². The Morgan fingerprint density at radius 3 is 2.78 bits per heavy atom. The number of aromatic nitrogens is 1. The van der Waals surface area contributed by atoms with Crippen molar-refractivity contribution in [3.8, 4) is 6.07 Å². The number of esters is 1. The first-order valence-corrected chi connectivity index (χ1v) is 5.27. The van der Waals surface area contributed by atoms with Gasteiger partial charge in [-0.1, -0.05) is 0 Å². The van der Waals surface area contributed by atoms with Gasteiger partial charge in [0.25, 0.3) is 5.56 Å². The Kier molecular flexibility index (Phi) is 2.75. The largest absolute Gasteiger partial charge is 0.468 e. The third kappa shape index (κ3) is 1.52. The van der Waals surface area contributed by atoms with Gasteiger partial charge >= 0.3 is 5.97 Å². The maximum Gasteiger partial charge on any atom is 0.318 e. The highest BCUT2D eigenvalue weighted by atomic mass is 16.5. The Labute approximate surface area is 102 Å². The molecular formula is C12H10N2O4. The van der Waals surface area contributed by atoms with Crippen LogP contribution in [-0.2, 0) is 16.1 Å². The molecule has 0 fully saturated rings. The number of carbonyl (C=O) groups is 2. The Morgan fingerprint density at radius 2 is 2.22 bits per heavy atom. The number of aryl methyl sites for hydroxylation is 1. The highest BCUT2D eigenvalue weighted by Gasteiger charge is 2.38. The van der Waals surface area contributed by atoms with Crippen LogP contribution in [0.2, 0.25) is 0 Å². The molecular weight excluding hydrogens is 236 g/mol. The Bertz CT molecular complexity index is 651. The SMILES string of the molecule is COC(=O)[C@@H]1Cn2c(cc(C)c(C#N)c2=O)C1=O. The van der Waals surface area contributed by atoms with Gasteiger partial charge in [-0.2, -0.15) is 5.26 Å². The monoisotopic (exact) mass is 246 g/mol. The van der Waals surface area contributed by atoms with E-state index >= 15 is 0 Å². The fourth-order valence-corrected chi connectivity index (χ4v) is 2.06. The fraction of sp³-hybridized carbons (Fsp3) is 0.333. The summed E-state index contributed by atoms with van der Waals surface area (Å²) < 4.78 is 5.68. The van der Waals surface area contributed by atoms with Crippen LogP contribution in [0.3, 0.4) is 0 Å². The van der Waals surface area contributed by atoms with E-state index in [1.54, 1.807) is 13.0 Å². The molecule has 0 aromatic carbocycles. The number of nitriles is 1. The molecule has 0 N–H and O–H groups in total. The quantitative estimate of drug-likeness (QED) is 0.514. The summed E-state index contributed by atoms with van der Waals surface area (Å²) in [6, 6.07) is 3.27. The Balaban J connectivity index is 2.61. The van der Waals surface area contributed by atoms with Crippen LogP contribution < -0.4 is 5.56 Å². The summed E-state index contributed by atoms with van der Waals surface area (Å²) in [4.78, 5) is 35.3. The molecule has 18 heavy (non-hydrogen) atoms. The molecule has 2 rings (SSSR count). The topological polar surface area (TPSA) is 89.2 Å². The molecule has 92 valence electrons. The number of carbonyl (C=O) groups excluding carboxylic acids is 2. The minimum absolute atomic E-state index is 0.00272. The average Bonchev–Trinajstić information content (AvgIpc) is 2.67. The molecule has 0 aliphatic carbocycles. The lowest BCUT2D eigenvalue weighted by atomic mass is 10.0. The summed E-state index contributed by atoms with van der Waals surface area (Å²) in [7, 11) is 1.19. The smallest absolute Gasteiger partial charge is 0.318 e. The number of fused-ring (bicyclic) bond motifs is 1. The van der Waals surface area contributed by atoms with Crippen molar-refractivity contribution in [3.05, 3.63) is 33.2 Å². The van der Waals surface area contributed by atoms with E-state index in [9.17, 15) is 14.4 Å². The Morgan fingerprint density at radius 1 is 1.56 bits per heavy atom. The van der Waals surface area contributed by atoms with Crippen molar-refractivity contribution >= 4 is 11.8 Å². The van der Waals surface area contributed by atoms with Crippen LogP contribution in [0.1, 0.15) is 21.6 Å². The molecule has 1 atom stereocenters. The summed E-state index contributed by atoms with van der Waals surface area (Å²) in [6.45, 7) is 1.52. The number of hydrogen-bond acceptors (Lipinski definition) is 5. The summed E-state index contributed by atoms with van der Waals surface area (Å²) in [6.07, 6.45) is 0. The van der Waals surface area contributed by atoms with Gasteiger partial charge in [0.2, 0.25) is 0 Å². The van der Waals surface area contributed by atoms with Gasteiger partial charge in [0.15, 0.2) is 5.78 Å². The van der Waals surface area contributed by atoms with Crippen molar-refractivity contribution in [2.75, 3.05) is 7.11 Å². The van der Waals surface area contributed by atoms with Gasteiger partial charge < -0.3 is 9.30 Å². The van der Waals surface area contributed by atoms with E-state index in [0.717, 1.165) is 4.57 Å². The van der Waals surface area contributed by atoms with Crippen LogP contribution in [-0.4, -0.2) is 23.4 Å². The number of Topliss-reactive ketones (excluding diaryl/α,β-unsaturated/α-hetero) is 1. The van der Waals surface area contributed by atoms with Crippen molar-refractivity contribution in [1.82, 2.24) is 4.57 Å². The van der Waals surface area contributed by atoms with Gasteiger partial charge in [-0.3, -0.25) is 14.4 Å². The normalized spacial score (nSPS) is 17.2. The van der Waals surface area contributed by atoms with E-state index < -0.39 is 23.2 Å². The second kappa shape index (κ2) is 4.11. The van der Waals surface area contributed by atoms with E-state index in [1.165, 1.54) is 13.2 Å². The number of nitrogens with zero attached hydrogens (tertiary/aromatic N) is 2. The second-order valence-corrected chi connectivity index (χ2v) is 4.06. The van der Waals surface area contributed by atoms with Gasteiger partial charge in [0.05, 0.1) is 12.8 Å². The highest BCUT2D eigenvalue weighted by Crippen LogP contribution is 2.21. The van der Waals surface area contributed by atoms with Crippen molar-refractivity contribution < 1.29 is 14.3 Å². The zero-order valence-electron chi connectivity index (χ0n) is 9.89. The van der Waals surface area contributed by atoms with Crippen molar-refractivity contribution in [1.29, 1.82) is 5.26 Å². The molecule has 6 nitrogen and oxygen atoms in total. The minimum Gasteiger partial charge on any atom is -0.468 e. The number of hydrogen-bond donors (Lipinski definition) is 0. The molecule has 1 aliphatic rings. The molecule has 2 heterocycles. The van der Waals surface area contributed by atoms with Crippen molar-refractivity contribution in [3.63, 3.8) is 0 Å². The number of methoxy groups -OCH3 is 1. The van der Waals surface area contributed by atoms with Gasteiger partial charge in [0.1, 0.15) is 17.6 Å². The fourth-order valence-electron chi connectivity index (χ4n) is 2.06. The maximum atomic E-state index is 12.0. The van der Waals surface area contributed by atoms with Crippen LogP contribution in [0.25, 0.3) is 0 Å². The molecule has 0 bridgehead atoms. The molecule has 1 aromatic rings. The Hall–Kier alpha value is -2.42. The zero-order chi connectivity index (χ0) is 13.4. The first-order chi connectivity index (χ1) is 8.51. The third-order valence-corrected chi connectivity index (χ3v) is 3.03. The van der Waals surface area contributed by atoms with Gasteiger partial charge in [-0.05, 0) is 18.6 Å². The van der Waals surface area contributed by atoms with Gasteiger partial charge in [-0.25, -0.2) is 0 Å². The minimum atomic E-state index is -0.990. The average molecular weight is 246 g/mol. The predicted molar refractivity (Wildman–Crippen MR) is 60.0 cm³/mol. The van der Waals surface area contributed by atoms with Gasteiger partial charge in [0, 0.05) is 6.54 Å². The van der Waals surface area contributed by atoms with E-state index in [1.807, 2.05) is 0 Å². The molecule has 0 saturated carbocycles. The number of ketones is 1. The molecule has 0 spiro atoms. The van der Waals surface area contributed by atoms with Crippen LogP contribution in [0.4, 0.5) is 0 Å². The second-order valence-electron chi connectivity index (χ2n) is 4.06. The summed E-state index contributed by atoms with van der Waals surface area (Å²) in [5.41, 5.74) is 0.0591. The first-order valence-electron chi connectivity index (χ1n) is 5.27. The molecule has 0 saturated heterocycles. The molecule has 0 radical (unpaired) electrons. The molecule has 6 heteroatoms. The molecule has 0 amide bonds. The van der Waals surface area contributed by atoms with Crippen LogP contribution in [0.5, 0.6) is 0 Å². The van der Waals surface area contributed by atoms with E-state index in [-0.39, 0.29) is 17.8 Å². The standard InChI is InChI=1S/C12H10N2O4/c1-6-3-9-10(15)8(12(17)18-2)5-14(9)11(16)7(6)4-13/h3,8H,5H2,1-2H3/t8-/m1/s1. The summed E-state index contributed by atoms with van der Waals surface area (Å²) >= 11 is 0. The highest BCUT2D eigenvalue weighted by molar-refractivity contribution is 6.09. The van der Waals surface area contributed by atoms with Gasteiger partial charge in [-0.15, -0.1) is 0 Å². The van der Waals surface area contributed by atoms with Crippen molar-refractivity contribution in [2.45, 2.75) is 13.5 Å². The molecule has 1 aliphatic heterocycles. The first kappa shape index (κ1) is 12.0. The number of ether oxygens (including phenoxy) is 1. The predicted octanol–water partition coefficient (Wildman–Crippen LogP) is 0.0139. The van der Waals surface area contributed by atoms with Crippen LogP contribution in [0.15, 0.2) is 10.9 Å². The molecule has 0 unspecified atom stereocenters. The van der Waals surface area contributed by atoms with Crippen LogP contribution >= 0.6 is 0 Å². The maximum absolute atomic E-state index is 12.0. The lowest BCUT2D eigenvalue weighted by Crippen LogP contribution is -2.25. The summed E-state index contributed by atoms with van der Waals surface area (Å²) in [5.74, 6) is -2.10. The van der Waals surface area contributed by atoms with Crippen molar-refractivity contribution in [2.24, 2.45) is 5.92 Å². The third-order valence-electron chi connectivity index (χ3n) is 3.03. The summed E-state index contributed by atoms with van der Waals surface area (Å²) in [5, 5.41) is 8.88. The van der Waals surface area contributed by atoms with Crippen LogP contribution in [0, 0.1) is 24.2 Å². The number of rotatable bonds is 1. The van der Waals surface area contributed by atoms with E-state index in [0.29, 0.717) is 5.56 Å².